The van der Waals surface area contributed by atoms with E-state index < -0.39 is 0 Å². The SMILES string of the molecule is O=C(NC1CN2CC[C@H]1C2)c1ccc2ccsc2c1. The largest absolute Gasteiger partial charge is 0.348 e. The Labute approximate surface area is 116 Å². The average Bonchev–Trinajstić information content (AvgIpc) is 3.13. The van der Waals surface area contributed by atoms with Crippen molar-refractivity contribution >= 4 is 27.3 Å². The van der Waals surface area contributed by atoms with Gasteiger partial charge in [-0.2, -0.15) is 0 Å². The Kier molecular flexibility index (Phi) is 2.60. The van der Waals surface area contributed by atoms with E-state index in [1.54, 1.807) is 11.3 Å². The van der Waals surface area contributed by atoms with Gasteiger partial charge in [0.2, 0.25) is 0 Å². The molecule has 98 valence electrons. The molecule has 0 saturated carbocycles. The number of fused-ring (bicyclic) bond motifs is 3. The molecule has 4 heteroatoms. The van der Waals surface area contributed by atoms with Crippen LogP contribution in [0.5, 0.6) is 0 Å². The predicted octanol–water partition coefficient (Wildman–Crippen LogP) is 2.34. The second kappa shape index (κ2) is 4.32. The number of carbonyl (C=O) groups is 1. The van der Waals surface area contributed by atoms with Crippen molar-refractivity contribution in [3.63, 3.8) is 0 Å². The third-order valence-corrected chi connectivity index (χ3v) is 5.25. The number of hydrogen-bond acceptors (Lipinski definition) is 3. The van der Waals surface area contributed by atoms with Crippen molar-refractivity contribution in [1.82, 2.24) is 10.2 Å². The lowest BCUT2D eigenvalue weighted by atomic mass is 9.99. The minimum atomic E-state index is 0.0778. The number of hydrogen-bond donors (Lipinski definition) is 1. The highest BCUT2D eigenvalue weighted by molar-refractivity contribution is 7.17. The Hall–Kier alpha value is -1.39. The normalized spacial score (nSPS) is 28.9. The minimum absolute atomic E-state index is 0.0778. The van der Waals surface area contributed by atoms with E-state index >= 15 is 0 Å². The summed E-state index contributed by atoms with van der Waals surface area (Å²) in [4.78, 5) is 14.8. The van der Waals surface area contributed by atoms with Gasteiger partial charge >= 0.3 is 0 Å². The van der Waals surface area contributed by atoms with Crippen LogP contribution in [0.1, 0.15) is 16.8 Å². The van der Waals surface area contributed by atoms with Crippen molar-refractivity contribution in [2.45, 2.75) is 12.5 Å². The Morgan fingerprint density at radius 3 is 3.05 bits per heavy atom. The highest BCUT2D eigenvalue weighted by atomic mass is 32.1. The van der Waals surface area contributed by atoms with Crippen molar-refractivity contribution in [3.05, 3.63) is 35.2 Å². The molecule has 3 nitrogen and oxygen atoms in total. The first-order chi connectivity index (χ1) is 9.29. The third kappa shape index (κ3) is 1.95. The number of nitrogens with zero attached hydrogens (tertiary/aromatic N) is 1. The number of rotatable bonds is 2. The molecule has 1 aromatic carbocycles. The number of thiophene rings is 1. The van der Waals surface area contributed by atoms with Gasteiger partial charge in [0.05, 0.1) is 0 Å². The van der Waals surface area contributed by atoms with Crippen LogP contribution in [0.3, 0.4) is 0 Å². The van der Waals surface area contributed by atoms with Gasteiger partial charge in [-0.1, -0.05) is 6.07 Å². The Morgan fingerprint density at radius 2 is 2.26 bits per heavy atom. The Bertz CT molecular complexity index is 636. The number of nitrogens with one attached hydrogen (secondary N) is 1. The molecule has 2 aromatic rings. The van der Waals surface area contributed by atoms with Crippen LogP contribution < -0.4 is 5.32 Å². The second-order valence-electron chi connectivity index (χ2n) is 5.56. The molecule has 2 bridgehead atoms. The first-order valence-electron chi connectivity index (χ1n) is 6.80. The summed E-state index contributed by atoms with van der Waals surface area (Å²) < 4.78 is 1.18. The van der Waals surface area contributed by atoms with Crippen LogP contribution in [0.15, 0.2) is 29.6 Å². The fraction of sp³-hybridized carbons (Fsp3) is 0.400. The third-order valence-electron chi connectivity index (χ3n) is 4.37. The lowest BCUT2D eigenvalue weighted by Gasteiger charge is -2.23. The van der Waals surface area contributed by atoms with Crippen LogP contribution in [0, 0.1) is 5.92 Å². The predicted molar refractivity (Wildman–Crippen MR) is 77.6 cm³/mol. The van der Waals surface area contributed by atoms with Gasteiger partial charge in [-0.05, 0) is 47.8 Å². The zero-order valence-corrected chi connectivity index (χ0v) is 11.5. The first-order valence-corrected chi connectivity index (χ1v) is 7.68. The van der Waals surface area contributed by atoms with Gasteiger partial charge < -0.3 is 10.2 Å². The Morgan fingerprint density at radius 1 is 1.32 bits per heavy atom. The van der Waals surface area contributed by atoms with Crippen molar-refractivity contribution in [3.8, 4) is 0 Å². The van der Waals surface area contributed by atoms with Crippen molar-refractivity contribution in [1.29, 1.82) is 0 Å². The van der Waals surface area contributed by atoms with Crippen LogP contribution in [0.2, 0.25) is 0 Å². The molecule has 2 aliphatic heterocycles. The molecular formula is C15H16N2OS. The fourth-order valence-corrected chi connectivity index (χ4v) is 4.12. The standard InChI is InChI=1S/C15H16N2OS/c18-15(16-13-9-17-5-3-12(13)8-17)11-2-1-10-4-6-19-14(10)7-11/h1-2,4,6-7,12-13H,3,5,8-9H2,(H,16,18)/t12-,13?/m0/s1. The zero-order valence-electron chi connectivity index (χ0n) is 10.6. The van der Waals surface area contributed by atoms with Gasteiger partial charge in [-0.15, -0.1) is 11.3 Å². The molecule has 1 N–H and O–H groups in total. The topological polar surface area (TPSA) is 32.3 Å². The van der Waals surface area contributed by atoms with Crippen molar-refractivity contribution in [2.75, 3.05) is 19.6 Å². The van der Waals surface area contributed by atoms with Crippen molar-refractivity contribution in [2.24, 2.45) is 5.92 Å². The molecule has 19 heavy (non-hydrogen) atoms. The van der Waals surface area contributed by atoms with E-state index in [9.17, 15) is 4.79 Å². The van der Waals surface area contributed by atoms with Gasteiger partial charge in [0.15, 0.2) is 0 Å². The highest BCUT2D eigenvalue weighted by Crippen LogP contribution is 2.28. The first kappa shape index (κ1) is 11.4. The summed E-state index contributed by atoms with van der Waals surface area (Å²) in [7, 11) is 0. The van der Waals surface area contributed by atoms with E-state index in [1.807, 2.05) is 18.2 Å². The number of carbonyl (C=O) groups excluding carboxylic acids is 1. The molecule has 2 aliphatic rings. The van der Waals surface area contributed by atoms with Crippen LogP contribution in [-0.2, 0) is 0 Å². The molecule has 1 amide bonds. The van der Waals surface area contributed by atoms with E-state index in [-0.39, 0.29) is 5.91 Å². The van der Waals surface area contributed by atoms with Crippen LogP contribution in [0.4, 0.5) is 0 Å². The molecule has 4 rings (SSSR count). The molecule has 0 radical (unpaired) electrons. The maximum absolute atomic E-state index is 12.3. The van der Waals surface area contributed by atoms with Crippen LogP contribution in [0.25, 0.3) is 10.1 Å². The van der Waals surface area contributed by atoms with Crippen LogP contribution >= 0.6 is 11.3 Å². The summed E-state index contributed by atoms with van der Waals surface area (Å²) in [6.45, 7) is 3.39. The summed E-state index contributed by atoms with van der Waals surface area (Å²) >= 11 is 1.69. The lowest BCUT2D eigenvalue weighted by Crippen LogP contribution is -2.43. The zero-order chi connectivity index (χ0) is 12.8. The molecule has 3 heterocycles. The highest BCUT2D eigenvalue weighted by Gasteiger charge is 2.38. The van der Waals surface area contributed by atoms with Crippen LogP contribution in [-0.4, -0.2) is 36.5 Å². The van der Waals surface area contributed by atoms with E-state index in [0.717, 1.165) is 18.7 Å². The molecule has 3 atom stereocenters. The van der Waals surface area contributed by atoms with E-state index in [0.29, 0.717) is 12.0 Å². The maximum atomic E-state index is 12.3. The number of amides is 1. The van der Waals surface area contributed by atoms with Crippen molar-refractivity contribution < 1.29 is 4.79 Å². The van der Waals surface area contributed by atoms with E-state index in [1.165, 1.54) is 23.1 Å². The average molecular weight is 272 g/mol. The summed E-state index contributed by atoms with van der Waals surface area (Å²) in [5.41, 5.74) is 0.785. The summed E-state index contributed by atoms with van der Waals surface area (Å²) in [5.74, 6) is 0.739. The van der Waals surface area contributed by atoms with E-state index in [2.05, 4.69) is 21.7 Å². The van der Waals surface area contributed by atoms with E-state index in [4.69, 9.17) is 0 Å². The molecular weight excluding hydrogens is 256 g/mol. The monoisotopic (exact) mass is 272 g/mol. The summed E-state index contributed by atoms with van der Waals surface area (Å²) in [5, 5.41) is 6.49. The molecule has 1 aromatic heterocycles. The maximum Gasteiger partial charge on any atom is 0.251 e. The number of piperidine rings is 1. The molecule has 2 unspecified atom stereocenters. The Balaban J connectivity index is 1.53. The number of benzene rings is 1. The van der Waals surface area contributed by atoms with Gasteiger partial charge in [-0.3, -0.25) is 4.79 Å². The molecule has 2 fully saturated rings. The molecule has 2 saturated heterocycles. The minimum Gasteiger partial charge on any atom is -0.348 e. The lowest BCUT2D eigenvalue weighted by molar-refractivity contribution is 0.0924. The fourth-order valence-electron chi connectivity index (χ4n) is 3.30. The summed E-state index contributed by atoms with van der Waals surface area (Å²) in [6.07, 6.45) is 1.23. The quantitative estimate of drug-likeness (QED) is 0.910. The van der Waals surface area contributed by atoms with Gasteiger partial charge in [-0.25, -0.2) is 0 Å². The van der Waals surface area contributed by atoms with Gasteiger partial charge in [0.25, 0.3) is 5.91 Å². The second-order valence-corrected chi connectivity index (χ2v) is 6.51. The molecule has 0 aliphatic carbocycles. The summed E-state index contributed by atoms with van der Waals surface area (Å²) in [6, 6.07) is 8.40. The van der Waals surface area contributed by atoms with Gasteiger partial charge in [0.1, 0.15) is 0 Å². The molecule has 0 spiro atoms. The smallest absolute Gasteiger partial charge is 0.251 e. The van der Waals surface area contributed by atoms with Gasteiger partial charge in [0, 0.05) is 29.4 Å².